The number of amides is 1. The van der Waals surface area contributed by atoms with E-state index in [-0.39, 0.29) is 16.8 Å². The maximum atomic E-state index is 12.3. The number of rotatable bonds is 9. The number of benzene rings is 2. The molecule has 36 heavy (non-hydrogen) atoms. The second-order valence-corrected chi connectivity index (χ2v) is 10.3. The van der Waals surface area contributed by atoms with Crippen molar-refractivity contribution in [2.75, 3.05) is 5.32 Å². The van der Waals surface area contributed by atoms with Gasteiger partial charge >= 0.3 is 0 Å². The molecule has 4 rings (SSSR count). The summed E-state index contributed by atoms with van der Waals surface area (Å²) >= 11 is -0.343. The molecule has 1 aliphatic rings. The number of aromatic nitrogens is 2. The molecule has 0 radical (unpaired) electrons. The number of hydrogen-bond acceptors (Lipinski definition) is 8. The molecule has 0 bridgehead atoms. The minimum Gasteiger partial charge on any atom is -0.319 e. The molecule has 11 heteroatoms. The van der Waals surface area contributed by atoms with Crippen molar-refractivity contribution < 1.29 is 18.4 Å². The molecule has 3 atom stereocenters. The van der Waals surface area contributed by atoms with Crippen LogP contribution in [0.1, 0.15) is 40.7 Å². The summed E-state index contributed by atoms with van der Waals surface area (Å²) in [5.74, 6) is -0.231. The molecule has 0 saturated heterocycles. The predicted molar refractivity (Wildman–Crippen MR) is 141 cm³/mol. The fourth-order valence-corrected chi connectivity index (χ4v) is 5.37. The number of carbonyl (C=O) groups is 2. The van der Waals surface area contributed by atoms with Gasteiger partial charge in [-0.1, -0.05) is 43.3 Å². The molecule has 186 valence electrons. The van der Waals surface area contributed by atoms with Gasteiger partial charge in [-0.25, -0.2) is 14.2 Å². The average Bonchev–Trinajstić information content (AvgIpc) is 2.90. The summed E-state index contributed by atoms with van der Waals surface area (Å²) in [6.45, 7) is 2.47. The second-order valence-electron chi connectivity index (χ2n) is 8.03. The Bertz CT molecular complexity index is 1250. The van der Waals surface area contributed by atoms with E-state index in [2.05, 4.69) is 22.2 Å². The number of hydrogen-bond donors (Lipinski definition) is 2. The van der Waals surface area contributed by atoms with Crippen molar-refractivity contribution in [2.24, 2.45) is 5.10 Å². The molecular weight excluding hydrogens is 498 g/mol. The lowest BCUT2D eigenvalue weighted by Gasteiger charge is -2.34. The van der Waals surface area contributed by atoms with E-state index in [1.807, 2.05) is 36.4 Å². The Morgan fingerprint density at radius 2 is 1.78 bits per heavy atom. The third-order valence-electron chi connectivity index (χ3n) is 5.49. The molecule has 1 aliphatic heterocycles. The normalized spacial score (nSPS) is 18.3. The van der Waals surface area contributed by atoms with Crippen LogP contribution in [0.2, 0.25) is 0 Å². The Morgan fingerprint density at radius 3 is 2.39 bits per heavy atom. The van der Waals surface area contributed by atoms with Gasteiger partial charge in [-0.15, -0.1) is 11.8 Å². The van der Waals surface area contributed by atoms with Crippen molar-refractivity contribution in [3.8, 4) is 0 Å². The fourth-order valence-electron chi connectivity index (χ4n) is 3.72. The zero-order valence-corrected chi connectivity index (χ0v) is 21.1. The average molecular weight is 524 g/mol. The lowest BCUT2D eigenvalue weighted by atomic mass is 10.0. The molecule has 1 amide bonds. The summed E-state index contributed by atoms with van der Waals surface area (Å²) in [5, 5.41) is 9.01. The predicted octanol–water partition coefficient (Wildman–Crippen LogP) is 3.71. The lowest BCUT2D eigenvalue weighted by molar-refractivity contribution is -0.110. The molecule has 1 aromatic heterocycles. The van der Waals surface area contributed by atoms with Crippen molar-refractivity contribution in [3.05, 3.63) is 89.5 Å². The highest BCUT2D eigenvalue weighted by atomic mass is 32.2. The van der Waals surface area contributed by atoms with Crippen LogP contribution in [0.15, 0.2) is 72.1 Å². The van der Waals surface area contributed by atoms with E-state index in [0.717, 1.165) is 35.1 Å². The zero-order chi connectivity index (χ0) is 25.5. The first-order valence-electron chi connectivity index (χ1n) is 11.3. The second kappa shape index (κ2) is 12.0. The van der Waals surface area contributed by atoms with E-state index >= 15 is 0 Å². The Hall–Kier alpha value is -3.41. The van der Waals surface area contributed by atoms with E-state index in [9.17, 15) is 13.8 Å². The summed E-state index contributed by atoms with van der Waals surface area (Å²) < 4.78 is 20.2. The van der Waals surface area contributed by atoms with Crippen molar-refractivity contribution in [1.29, 1.82) is 0 Å². The molecule has 0 saturated carbocycles. The van der Waals surface area contributed by atoms with Gasteiger partial charge in [0.05, 0.1) is 23.3 Å². The maximum absolute atomic E-state index is 12.3. The number of thioether (sulfide) groups is 1. The summed E-state index contributed by atoms with van der Waals surface area (Å²) in [5.41, 5.74) is 4.08. The molecule has 0 spiro atoms. The van der Waals surface area contributed by atoms with Crippen LogP contribution in [0.25, 0.3) is 0 Å². The van der Waals surface area contributed by atoms with E-state index < -0.39 is 22.4 Å². The zero-order valence-electron chi connectivity index (χ0n) is 19.5. The van der Waals surface area contributed by atoms with Crippen LogP contribution in [-0.2, 0) is 28.2 Å². The molecule has 9 nitrogen and oxygen atoms in total. The smallest absolute Gasteiger partial charge is 0.293 e. The van der Waals surface area contributed by atoms with Gasteiger partial charge in [0.1, 0.15) is 5.37 Å². The monoisotopic (exact) mass is 523 g/mol. The Morgan fingerprint density at radius 1 is 1.11 bits per heavy atom. The quantitative estimate of drug-likeness (QED) is 0.321. The summed E-state index contributed by atoms with van der Waals surface area (Å²) in [6, 6.07) is 16.4. The number of nitrogens with zero attached hydrogens (tertiary/aromatic N) is 4. The molecule has 0 aliphatic carbocycles. The number of nitrogens with one attached hydrogen (secondary N) is 1. The van der Waals surface area contributed by atoms with Gasteiger partial charge in [-0.05, 0) is 41.3 Å². The van der Waals surface area contributed by atoms with Gasteiger partial charge in [0.25, 0.3) is 5.91 Å². The third kappa shape index (κ3) is 6.42. The topological polar surface area (TPSA) is 125 Å². The van der Waals surface area contributed by atoms with Crippen LogP contribution in [0.3, 0.4) is 0 Å². The van der Waals surface area contributed by atoms with Gasteiger partial charge in [0.2, 0.25) is 5.82 Å². The van der Waals surface area contributed by atoms with Gasteiger partial charge < -0.3 is 14.7 Å². The van der Waals surface area contributed by atoms with Crippen LogP contribution < -0.4 is 5.32 Å². The highest BCUT2D eigenvalue weighted by Crippen LogP contribution is 2.32. The molecule has 3 aromatic rings. The van der Waals surface area contributed by atoms with E-state index in [1.54, 1.807) is 35.0 Å². The van der Waals surface area contributed by atoms with Gasteiger partial charge in [-0.3, -0.25) is 9.80 Å². The standard InChI is InChI=1S/C25H25N5O4S2/c1-2-21-23(19-8-4-18(5-9-19)16-36(33)34)29-30(22(15-31)35-21)14-17-6-10-20(11-7-17)28-25(32)24-26-12-3-13-27-24/h3-13,15,21-22H,2,14,16H2,1H3,(H,28,32)(H,33,34). The van der Waals surface area contributed by atoms with Crippen molar-refractivity contribution in [3.63, 3.8) is 0 Å². The number of anilines is 1. The van der Waals surface area contributed by atoms with Crippen molar-refractivity contribution >= 4 is 46.4 Å². The summed E-state index contributed by atoms with van der Waals surface area (Å²) in [6.07, 6.45) is 4.73. The molecule has 2 N–H and O–H groups in total. The van der Waals surface area contributed by atoms with Crippen LogP contribution in [-0.4, -0.2) is 52.3 Å². The van der Waals surface area contributed by atoms with Gasteiger partial charge in [0.15, 0.2) is 17.4 Å². The van der Waals surface area contributed by atoms with Crippen LogP contribution in [0.4, 0.5) is 5.69 Å². The number of aldehydes is 1. The van der Waals surface area contributed by atoms with Crippen LogP contribution in [0, 0.1) is 0 Å². The van der Waals surface area contributed by atoms with Crippen LogP contribution in [0.5, 0.6) is 0 Å². The van der Waals surface area contributed by atoms with Crippen molar-refractivity contribution in [1.82, 2.24) is 15.0 Å². The molecule has 3 unspecified atom stereocenters. The molecule has 0 fully saturated rings. The summed E-state index contributed by atoms with van der Waals surface area (Å²) in [4.78, 5) is 32.0. The Labute approximate surface area is 215 Å². The maximum Gasteiger partial charge on any atom is 0.293 e. The third-order valence-corrected chi connectivity index (χ3v) is 7.59. The fraction of sp³-hybridized carbons (Fsp3) is 0.240. The first-order chi connectivity index (χ1) is 17.5. The number of carbonyl (C=O) groups excluding carboxylic acids is 2. The first-order valence-corrected chi connectivity index (χ1v) is 13.5. The molecular formula is C25H25N5O4S2. The number of hydrazone groups is 1. The largest absolute Gasteiger partial charge is 0.319 e. The van der Waals surface area contributed by atoms with E-state index in [1.165, 1.54) is 12.4 Å². The Balaban J connectivity index is 1.50. The lowest BCUT2D eigenvalue weighted by Crippen LogP contribution is -2.39. The van der Waals surface area contributed by atoms with Gasteiger partial charge in [0, 0.05) is 18.1 Å². The van der Waals surface area contributed by atoms with Crippen molar-refractivity contribution in [2.45, 2.75) is 36.3 Å². The minimum absolute atomic E-state index is 0.0482. The molecule has 2 heterocycles. The first kappa shape index (κ1) is 25.7. The summed E-state index contributed by atoms with van der Waals surface area (Å²) in [7, 11) is 0. The molecule has 2 aromatic carbocycles. The van der Waals surface area contributed by atoms with E-state index in [4.69, 9.17) is 9.65 Å². The van der Waals surface area contributed by atoms with Crippen LogP contribution >= 0.6 is 11.8 Å². The Kier molecular flexibility index (Phi) is 8.57. The highest BCUT2D eigenvalue weighted by Gasteiger charge is 2.31. The van der Waals surface area contributed by atoms with Gasteiger partial charge in [-0.2, -0.15) is 5.10 Å². The van der Waals surface area contributed by atoms with E-state index in [0.29, 0.717) is 12.2 Å². The minimum atomic E-state index is -1.90. The highest BCUT2D eigenvalue weighted by molar-refractivity contribution is 8.01. The SMILES string of the molecule is CCC1SC(C=O)N(Cc2ccc(NC(=O)c3ncccn3)cc2)N=C1c1ccc(CS(=O)O)cc1.